The van der Waals surface area contributed by atoms with Gasteiger partial charge in [-0.25, -0.2) is 4.98 Å². The highest BCUT2D eigenvalue weighted by Gasteiger charge is 2.33. The highest BCUT2D eigenvalue weighted by atomic mass is 32.2. The van der Waals surface area contributed by atoms with E-state index in [-0.39, 0.29) is 6.04 Å². The maximum Gasteiger partial charge on any atom is 0.141 e. The Kier molecular flexibility index (Phi) is 3.54. The molecule has 1 aromatic heterocycles. The van der Waals surface area contributed by atoms with Gasteiger partial charge in [-0.3, -0.25) is 5.10 Å². The van der Waals surface area contributed by atoms with Crippen LogP contribution < -0.4 is 5.32 Å². The van der Waals surface area contributed by atoms with Gasteiger partial charge in [0.15, 0.2) is 0 Å². The van der Waals surface area contributed by atoms with Crippen LogP contribution >= 0.6 is 11.8 Å². The van der Waals surface area contributed by atoms with Crippen LogP contribution in [0.1, 0.15) is 39.1 Å². The maximum absolute atomic E-state index is 4.19. The molecule has 90 valence electrons. The summed E-state index contributed by atoms with van der Waals surface area (Å²) in [5.74, 6) is 3.39. The topological polar surface area (TPSA) is 53.6 Å². The molecule has 1 aliphatic heterocycles. The molecule has 1 saturated heterocycles. The van der Waals surface area contributed by atoms with Gasteiger partial charge in [-0.15, -0.1) is 0 Å². The van der Waals surface area contributed by atoms with Crippen LogP contribution in [0.25, 0.3) is 0 Å². The lowest BCUT2D eigenvalue weighted by Crippen LogP contribution is -2.47. The van der Waals surface area contributed by atoms with E-state index < -0.39 is 0 Å². The third kappa shape index (κ3) is 2.58. The maximum atomic E-state index is 4.19. The monoisotopic (exact) mass is 240 g/mol. The van der Waals surface area contributed by atoms with Crippen LogP contribution in [0.15, 0.2) is 6.33 Å². The van der Waals surface area contributed by atoms with E-state index in [0.717, 1.165) is 5.82 Å². The van der Waals surface area contributed by atoms with Gasteiger partial charge in [0.05, 0.1) is 6.04 Å². The van der Waals surface area contributed by atoms with E-state index in [4.69, 9.17) is 0 Å². The lowest BCUT2D eigenvalue weighted by molar-refractivity contribution is 0.230. The minimum Gasteiger partial charge on any atom is -0.303 e. The van der Waals surface area contributed by atoms with Gasteiger partial charge in [-0.2, -0.15) is 16.9 Å². The largest absolute Gasteiger partial charge is 0.303 e. The van der Waals surface area contributed by atoms with Gasteiger partial charge in [0.1, 0.15) is 12.2 Å². The summed E-state index contributed by atoms with van der Waals surface area (Å²) in [5.41, 5.74) is 0.375. The summed E-state index contributed by atoms with van der Waals surface area (Å²) in [4.78, 5) is 4.19. The first-order valence-corrected chi connectivity index (χ1v) is 6.94. The fraction of sp³-hybridized carbons (Fsp3) is 0.818. The van der Waals surface area contributed by atoms with E-state index in [9.17, 15) is 0 Å². The van der Waals surface area contributed by atoms with Gasteiger partial charge in [-0.1, -0.05) is 13.8 Å². The Hall–Kier alpha value is -0.550. The van der Waals surface area contributed by atoms with Crippen molar-refractivity contribution < 1.29 is 0 Å². The zero-order valence-electron chi connectivity index (χ0n) is 10.2. The SMILES string of the molecule is CC(NC1CSCCC1(C)C)c1ncn[nH]1. The van der Waals surface area contributed by atoms with Crippen LogP contribution in [0.5, 0.6) is 0 Å². The molecule has 0 spiro atoms. The Bertz CT molecular complexity index is 323. The molecule has 2 N–H and O–H groups in total. The van der Waals surface area contributed by atoms with Gasteiger partial charge >= 0.3 is 0 Å². The zero-order valence-corrected chi connectivity index (χ0v) is 11.0. The van der Waals surface area contributed by atoms with E-state index in [1.165, 1.54) is 17.9 Å². The Balaban J connectivity index is 1.98. The fourth-order valence-electron chi connectivity index (χ4n) is 2.01. The molecule has 0 radical (unpaired) electrons. The third-order valence-electron chi connectivity index (χ3n) is 3.41. The van der Waals surface area contributed by atoms with Crippen molar-refractivity contribution in [3.63, 3.8) is 0 Å². The molecule has 5 heteroatoms. The van der Waals surface area contributed by atoms with Crippen LogP contribution in [-0.2, 0) is 0 Å². The molecule has 0 amide bonds. The minimum absolute atomic E-state index is 0.241. The Labute approximate surface area is 101 Å². The van der Waals surface area contributed by atoms with E-state index >= 15 is 0 Å². The summed E-state index contributed by atoms with van der Waals surface area (Å²) >= 11 is 2.04. The quantitative estimate of drug-likeness (QED) is 0.848. The molecule has 2 atom stereocenters. The normalized spacial score (nSPS) is 26.6. The highest BCUT2D eigenvalue weighted by Crippen LogP contribution is 2.35. The number of aromatic amines is 1. The number of hydrogen-bond donors (Lipinski definition) is 2. The minimum atomic E-state index is 0.241. The van der Waals surface area contributed by atoms with Crippen LogP contribution in [0.2, 0.25) is 0 Å². The van der Waals surface area contributed by atoms with Gasteiger partial charge in [0.2, 0.25) is 0 Å². The second-order valence-electron chi connectivity index (χ2n) is 5.13. The van der Waals surface area contributed by atoms with Crippen molar-refractivity contribution in [2.45, 2.75) is 39.3 Å². The number of hydrogen-bond acceptors (Lipinski definition) is 4. The average molecular weight is 240 g/mol. The van der Waals surface area contributed by atoms with Crippen LogP contribution in [0, 0.1) is 5.41 Å². The van der Waals surface area contributed by atoms with Crippen LogP contribution in [-0.4, -0.2) is 32.7 Å². The van der Waals surface area contributed by atoms with Crippen molar-refractivity contribution in [1.29, 1.82) is 0 Å². The molecule has 2 unspecified atom stereocenters. The summed E-state index contributed by atoms with van der Waals surface area (Å²) in [6, 6.07) is 0.789. The van der Waals surface area contributed by atoms with Crippen molar-refractivity contribution in [2.75, 3.05) is 11.5 Å². The van der Waals surface area contributed by atoms with Crippen molar-refractivity contribution in [3.05, 3.63) is 12.2 Å². The molecule has 0 bridgehead atoms. The average Bonchev–Trinajstić information content (AvgIpc) is 2.74. The highest BCUT2D eigenvalue weighted by molar-refractivity contribution is 7.99. The lowest BCUT2D eigenvalue weighted by atomic mass is 9.82. The Morgan fingerprint density at radius 3 is 3.06 bits per heavy atom. The molecule has 2 rings (SSSR count). The van der Waals surface area contributed by atoms with E-state index in [1.54, 1.807) is 6.33 Å². The van der Waals surface area contributed by atoms with Crippen molar-refractivity contribution in [3.8, 4) is 0 Å². The number of nitrogens with zero attached hydrogens (tertiary/aromatic N) is 2. The standard InChI is InChI=1S/C11H20N4S/c1-8(10-12-7-13-15-10)14-9-6-16-5-4-11(9,2)3/h7-9,14H,4-6H2,1-3H3,(H,12,13,15). The Morgan fingerprint density at radius 1 is 1.62 bits per heavy atom. The van der Waals surface area contributed by atoms with Crippen molar-refractivity contribution in [1.82, 2.24) is 20.5 Å². The van der Waals surface area contributed by atoms with Crippen LogP contribution in [0.3, 0.4) is 0 Å². The molecule has 1 fully saturated rings. The first kappa shape index (κ1) is 11.9. The first-order chi connectivity index (χ1) is 7.59. The van der Waals surface area contributed by atoms with Crippen molar-refractivity contribution >= 4 is 11.8 Å². The predicted octanol–water partition coefficient (Wildman–Crippen LogP) is 1.99. The van der Waals surface area contributed by atoms with E-state index in [0.29, 0.717) is 11.5 Å². The smallest absolute Gasteiger partial charge is 0.141 e. The van der Waals surface area contributed by atoms with Gasteiger partial charge in [-0.05, 0) is 24.5 Å². The number of rotatable bonds is 3. The molecule has 16 heavy (non-hydrogen) atoms. The number of aromatic nitrogens is 3. The fourth-order valence-corrected chi connectivity index (χ4v) is 3.63. The van der Waals surface area contributed by atoms with E-state index in [2.05, 4.69) is 41.3 Å². The summed E-state index contributed by atoms with van der Waals surface area (Å²) in [6.07, 6.45) is 2.84. The predicted molar refractivity (Wildman–Crippen MR) is 67.4 cm³/mol. The number of H-pyrrole nitrogens is 1. The van der Waals surface area contributed by atoms with Gasteiger partial charge in [0, 0.05) is 11.8 Å². The van der Waals surface area contributed by atoms with Crippen molar-refractivity contribution in [2.24, 2.45) is 5.41 Å². The molecule has 0 saturated carbocycles. The summed E-state index contributed by atoms with van der Waals surface area (Å²) < 4.78 is 0. The molecule has 4 nitrogen and oxygen atoms in total. The number of thioether (sulfide) groups is 1. The van der Waals surface area contributed by atoms with Gasteiger partial charge < -0.3 is 5.32 Å². The Morgan fingerprint density at radius 2 is 2.44 bits per heavy atom. The summed E-state index contributed by atoms with van der Waals surface area (Å²) in [6.45, 7) is 6.82. The zero-order chi connectivity index (χ0) is 11.6. The molecule has 1 aliphatic rings. The number of nitrogens with one attached hydrogen (secondary N) is 2. The van der Waals surface area contributed by atoms with Gasteiger partial charge in [0.25, 0.3) is 0 Å². The second-order valence-corrected chi connectivity index (χ2v) is 6.27. The molecular formula is C11H20N4S. The molecule has 2 heterocycles. The third-order valence-corrected chi connectivity index (χ3v) is 4.48. The summed E-state index contributed by atoms with van der Waals surface area (Å²) in [5, 5.41) is 10.5. The lowest BCUT2D eigenvalue weighted by Gasteiger charge is -2.40. The molecule has 0 aromatic carbocycles. The van der Waals surface area contributed by atoms with E-state index in [1.807, 2.05) is 11.8 Å². The second kappa shape index (κ2) is 4.75. The molecule has 1 aromatic rings. The molecular weight excluding hydrogens is 220 g/mol. The summed E-state index contributed by atoms with van der Waals surface area (Å²) in [7, 11) is 0. The molecule has 0 aliphatic carbocycles. The first-order valence-electron chi connectivity index (χ1n) is 5.78. The van der Waals surface area contributed by atoms with Crippen LogP contribution in [0.4, 0.5) is 0 Å².